The van der Waals surface area contributed by atoms with E-state index in [1.165, 1.54) is 5.69 Å². The largest absolute Gasteiger partial charge is 0.454 e. The van der Waals surface area contributed by atoms with Gasteiger partial charge in [-0.1, -0.05) is 18.2 Å². The van der Waals surface area contributed by atoms with Crippen LogP contribution in [0.5, 0.6) is 11.5 Å². The van der Waals surface area contributed by atoms with Crippen LogP contribution in [-0.2, 0) is 6.54 Å². The van der Waals surface area contributed by atoms with Gasteiger partial charge in [0.15, 0.2) is 17.1 Å². The van der Waals surface area contributed by atoms with Gasteiger partial charge in [0.1, 0.15) is 12.1 Å². The number of piperazine rings is 1. The van der Waals surface area contributed by atoms with Gasteiger partial charge >= 0.3 is 0 Å². The quantitative estimate of drug-likeness (QED) is 0.458. The van der Waals surface area contributed by atoms with Crippen molar-refractivity contribution in [3.63, 3.8) is 0 Å². The summed E-state index contributed by atoms with van der Waals surface area (Å²) in [5.74, 6) is 1.97. The van der Waals surface area contributed by atoms with Crippen LogP contribution in [0.25, 0.3) is 11.0 Å². The monoisotopic (exact) mass is 471 g/mol. The molecule has 1 saturated heterocycles. The number of rotatable bonds is 6. The van der Waals surface area contributed by atoms with Crippen LogP contribution in [0, 0.1) is 0 Å². The molecule has 2 aliphatic rings. The highest BCUT2D eigenvalue weighted by Gasteiger charge is 2.22. The fourth-order valence-electron chi connectivity index (χ4n) is 4.53. The molecule has 0 bridgehead atoms. The highest BCUT2D eigenvalue weighted by atomic mass is 16.7. The lowest BCUT2D eigenvalue weighted by molar-refractivity contribution is 0.0951. The molecule has 2 aliphatic heterocycles. The van der Waals surface area contributed by atoms with E-state index in [0.29, 0.717) is 30.2 Å². The Labute approximate surface area is 202 Å². The van der Waals surface area contributed by atoms with Crippen molar-refractivity contribution in [3.05, 3.63) is 66.6 Å². The Morgan fingerprint density at radius 1 is 0.943 bits per heavy atom. The number of hydrogen-bond donors (Lipinski definition) is 1. The maximum Gasteiger partial charge on any atom is 0.251 e. The zero-order valence-corrected chi connectivity index (χ0v) is 19.1. The average molecular weight is 472 g/mol. The molecule has 0 aliphatic carbocycles. The number of carbonyl (C=O) groups is 1. The minimum Gasteiger partial charge on any atom is -0.454 e. The van der Waals surface area contributed by atoms with Gasteiger partial charge in [-0.25, -0.2) is 14.6 Å². The molecule has 35 heavy (non-hydrogen) atoms. The van der Waals surface area contributed by atoms with Gasteiger partial charge in [0, 0.05) is 44.0 Å². The second kappa shape index (κ2) is 9.13. The standard InChI is InChI=1S/C25H25N7O3/c33-25(18-6-7-21-22(14-18)35-17-34-21)26-8-9-32-24-20(15-29-32)23(27-16-28-24)31-12-10-30(11-13-31)19-4-2-1-3-5-19/h1-7,14-16H,8-13,17H2,(H,26,33). The topological polar surface area (TPSA) is 97.6 Å². The zero-order valence-electron chi connectivity index (χ0n) is 19.1. The summed E-state index contributed by atoms with van der Waals surface area (Å²) < 4.78 is 12.5. The van der Waals surface area contributed by atoms with E-state index >= 15 is 0 Å². The lowest BCUT2D eigenvalue weighted by atomic mass is 10.2. The van der Waals surface area contributed by atoms with Crippen LogP contribution < -0.4 is 24.6 Å². The number of ether oxygens (including phenoxy) is 2. The van der Waals surface area contributed by atoms with Crippen LogP contribution in [0.3, 0.4) is 0 Å². The van der Waals surface area contributed by atoms with Crippen molar-refractivity contribution in [2.75, 3.05) is 49.3 Å². The summed E-state index contributed by atoms with van der Waals surface area (Å²) in [6.45, 7) is 4.69. The third kappa shape index (κ3) is 4.18. The molecule has 0 spiro atoms. The molecule has 2 aromatic carbocycles. The van der Waals surface area contributed by atoms with Gasteiger partial charge in [-0.05, 0) is 30.3 Å². The van der Waals surface area contributed by atoms with Crippen molar-refractivity contribution >= 4 is 28.4 Å². The first-order chi connectivity index (χ1) is 17.3. The van der Waals surface area contributed by atoms with E-state index in [9.17, 15) is 4.79 Å². The number of nitrogens with zero attached hydrogens (tertiary/aromatic N) is 6. The van der Waals surface area contributed by atoms with Crippen LogP contribution in [-0.4, -0.2) is 65.2 Å². The fraction of sp³-hybridized carbons (Fsp3) is 0.280. The second-order valence-corrected chi connectivity index (χ2v) is 8.44. The number of carbonyl (C=O) groups excluding carboxylic acids is 1. The molecule has 0 radical (unpaired) electrons. The Bertz CT molecular complexity index is 1350. The van der Waals surface area contributed by atoms with E-state index in [2.05, 4.69) is 54.4 Å². The minimum absolute atomic E-state index is 0.175. The maximum atomic E-state index is 12.6. The number of para-hydroxylation sites is 1. The number of nitrogens with one attached hydrogen (secondary N) is 1. The van der Waals surface area contributed by atoms with Gasteiger partial charge in [0.05, 0.1) is 18.1 Å². The van der Waals surface area contributed by atoms with E-state index in [4.69, 9.17) is 9.47 Å². The number of amides is 1. The van der Waals surface area contributed by atoms with E-state index in [1.54, 1.807) is 29.2 Å². The van der Waals surface area contributed by atoms with E-state index < -0.39 is 0 Å². The molecule has 0 saturated carbocycles. The Morgan fingerprint density at radius 2 is 1.74 bits per heavy atom. The average Bonchev–Trinajstić information content (AvgIpc) is 3.56. The molecule has 10 heteroatoms. The predicted octanol–water partition coefficient (Wildman–Crippen LogP) is 2.31. The molecular formula is C25H25N7O3. The van der Waals surface area contributed by atoms with Crippen molar-refractivity contribution < 1.29 is 14.3 Å². The molecule has 1 fully saturated rings. The van der Waals surface area contributed by atoms with E-state index in [1.807, 2.05) is 12.3 Å². The molecule has 4 aromatic rings. The normalized spacial score (nSPS) is 15.0. The molecule has 1 amide bonds. The van der Waals surface area contributed by atoms with Crippen LogP contribution in [0.1, 0.15) is 10.4 Å². The number of anilines is 2. The summed E-state index contributed by atoms with van der Waals surface area (Å²) in [7, 11) is 0. The lowest BCUT2D eigenvalue weighted by Crippen LogP contribution is -2.46. The zero-order chi connectivity index (χ0) is 23.6. The van der Waals surface area contributed by atoms with Crippen molar-refractivity contribution in [1.82, 2.24) is 25.1 Å². The van der Waals surface area contributed by atoms with Gasteiger partial charge in [-0.15, -0.1) is 0 Å². The molecule has 4 heterocycles. The van der Waals surface area contributed by atoms with Crippen LogP contribution >= 0.6 is 0 Å². The highest BCUT2D eigenvalue weighted by molar-refractivity contribution is 5.95. The third-order valence-corrected chi connectivity index (χ3v) is 6.36. The predicted molar refractivity (Wildman–Crippen MR) is 131 cm³/mol. The number of fused-ring (bicyclic) bond motifs is 2. The van der Waals surface area contributed by atoms with Gasteiger partial charge in [-0.2, -0.15) is 5.10 Å². The maximum absolute atomic E-state index is 12.6. The van der Waals surface area contributed by atoms with Crippen molar-refractivity contribution in [2.24, 2.45) is 0 Å². The molecule has 0 unspecified atom stereocenters. The summed E-state index contributed by atoms with van der Waals surface area (Å²) in [6.07, 6.45) is 3.40. The molecule has 1 N–H and O–H groups in total. The van der Waals surface area contributed by atoms with Crippen molar-refractivity contribution in [2.45, 2.75) is 6.54 Å². The molecule has 6 rings (SSSR count). The van der Waals surface area contributed by atoms with Gasteiger partial charge in [-0.3, -0.25) is 4.79 Å². The van der Waals surface area contributed by atoms with Crippen LogP contribution in [0.15, 0.2) is 61.1 Å². The van der Waals surface area contributed by atoms with Crippen molar-refractivity contribution in [3.8, 4) is 11.5 Å². The molecular weight excluding hydrogens is 446 g/mol. The van der Waals surface area contributed by atoms with Crippen molar-refractivity contribution in [1.29, 1.82) is 0 Å². The summed E-state index contributed by atoms with van der Waals surface area (Å²) in [5.41, 5.74) is 2.53. The number of benzene rings is 2. The summed E-state index contributed by atoms with van der Waals surface area (Å²) in [4.78, 5) is 26.3. The number of hydrogen-bond acceptors (Lipinski definition) is 8. The summed E-state index contributed by atoms with van der Waals surface area (Å²) >= 11 is 0. The Balaban J connectivity index is 1.10. The van der Waals surface area contributed by atoms with Crippen LogP contribution in [0.4, 0.5) is 11.5 Å². The summed E-state index contributed by atoms with van der Waals surface area (Å²) in [5, 5.41) is 8.37. The van der Waals surface area contributed by atoms with E-state index in [-0.39, 0.29) is 12.7 Å². The molecule has 178 valence electrons. The Kier molecular flexibility index (Phi) is 5.53. The fourth-order valence-corrected chi connectivity index (χ4v) is 4.53. The smallest absolute Gasteiger partial charge is 0.251 e. The second-order valence-electron chi connectivity index (χ2n) is 8.44. The Morgan fingerprint density at radius 3 is 2.60 bits per heavy atom. The first kappa shape index (κ1) is 21.2. The Hall–Kier alpha value is -4.34. The summed E-state index contributed by atoms with van der Waals surface area (Å²) in [6, 6.07) is 15.6. The van der Waals surface area contributed by atoms with E-state index in [0.717, 1.165) is 43.0 Å². The SMILES string of the molecule is O=C(NCCn1ncc2c(N3CCN(c4ccccc4)CC3)ncnc21)c1ccc2c(c1)OCO2. The molecule has 2 aromatic heterocycles. The first-order valence-corrected chi connectivity index (χ1v) is 11.7. The van der Waals surface area contributed by atoms with Crippen LogP contribution in [0.2, 0.25) is 0 Å². The third-order valence-electron chi connectivity index (χ3n) is 6.36. The van der Waals surface area contributed by atoms with Gasteiger partial charge < -0.3 is 24.6 Å². The number of aromatic nitrogens is 4. The highest BCUT2D eigenvalue weighted by Crippen LogP contribution is 2.32. The lowest BCUT2D eigenvalue weighted by Gasteiger charge is -2.36. The van der Waals surface area contributed by atoms with Gasteiger partial charge in [0.25, 0.3) is 5.91 Å². The van der Waals surface area contributed by atoms with Gasteiger partial charge in [0.2, 0.25) is 6.79 Å². The molecule has 10 nitrogen and oxygen atoms in total. The molecule has 0 atom stereocenters. The minimum atomic E-state index is -0.175. The first-order valence-electron chi connectivity index (χ1n) is 11.7.